The maximum Gasteiger partial charge on any atom is 1.00 e. The third-order valence-corrected chi connectivity index (χ3v) is 10.3. The van der Waals surface area contributed by atoms with Gasteiger partial charge in [0.1, 0.15) is 0 Å². The summed E-state index contributed by atoms with van der Waals surface area (Å²) >= 11 is 0. The first-order valence-electron chi connectivity index (χ1n) is 11.7. The van der Waals surface area contributed by atoms with E-state index in [9.17, 15) is 20.1 Å². The Labute approximate surface area is 198 Å². The van der Waals surface area contributed by atoms with E-state index in [1.54, 1.807) is 0 Å². The Morgan fingerprint density at radius 3 is 2.48 bits per heavy atom. The molecular formula is C24H39NaO4. The predicted molar refractivity (Wildman–Crippen MR) is 106 cm³/mol. The van der Waals surface area contributed by atoms with Crippen LogP contribution in [0.25, 0.3) is 0 Å². The largest absolute Gasteiger partial charge is 1.00 e. The fourth-order valence-electron chi connectivity index (χ4n) is 8.71. The number of hydrogen-bond donors (Lipinski definition) is 2. The molecule has 0 bridgehead atoms. The summed E-state index contributed by atoms with van der Waals surface area (Å²) in [6, 6.07) is 0. The Morgan fingerprint density at radius 1 is 1.07 bits per heavy atom. The van der Waals surface area contributed by atoms with Gasteiger partial charge in [0.05, 0.1) is 12.2 Å². The molecule has 0 aliphatic heterocycles. The molecule has 0 spiro atoms. The molecular weight excluding hydrogens is 375 g/mol. The van der Waals surface area contributed by atoms with Crippen LogP contribution in [-0.4, -0.2) is 28.4 Å². The van der Waals surface area contributed by atoms with E-state index in [0.29, 0.717) is 41.9 Å². The van der Waals surface area contributed by atoms with Crippen molar-refractivity contribution in [1.29, 1.82) is 0 Å². The molecule has 0 aromatic heterocycles. The second-order valence-electron chi connectivity index (χ2n) is 11.3. The average molecular weight is 415 g/mol. The Morgan fingerprint density at radius 2 is 1.79 bits per heavy atom. The third kappa shape index (κ3) is 3.88. The molecule has 29 heavy (non-hydrogen) atoms. The van der Waals surface area contributed by atoms with Crippen molar-refractivity contribution in [3.8, 4) is 0 Å². The van der Waals surface area contributed by atoms with Gasteiger partial charge < -0.3 is 20.1 Å². The number of carbonyl (C=O) groups is 1. The van der Waals surface area contributed by atoms with Crippen molar-refractivity contribution >= 4 is 5.97 Å². The van der Waals surface area contributed by atoms with Gasteiger partial charge in [0, 0.05) is 5.97 Å². The van der Waals surface area contributed by atoms with Gasteiger partial charge in [0.25, 0.3) is 0 Å². The van der Waals surface area contributed by atoms with Crippen LogP contribution in [0.4, 0.5) is 0 Å². The quantitative estimate of drug-likeness (QED) is 0.642. The number of carboxylic acids is 1. The van der Waals surface area contributed by atoms with Crippen LogP contribution in [0.15, 0.2) is 0 Å². The molecule has 0 aromatic carbocycles. The first-order valence-corrected chi connectivity index (χ1v) is 11.7. The van der Waals surface area contributed by atoms with E-state index in [-0.39, 0.29) is 59.0 Å². The number of fused-ring (bicyclic) bond motifs is 5. The van der Waals surface area contributed by atoms with Crippen LogP contribution in [0.5, 0.6) is 0 Å². The van der Waals surface area contributed by atoms with E-state index in [4.69, 9.17) is 0 Å². The second kappa shape index (κ2) is 8.73. The van der Waals surface area contributed by atoms with Gasteiger partial charge in [-0.1, -0.05) is 20.8 Å². The zero-order chi connectivity index (χ0) is 20.3. The van der Waals surface area contributed by atoms with Gasteiger partial charge in [-0.25, -0.2) is 0 Å². The van der Waals surface area contributed by atoms with Crippen molar-refractivity contribution in [1.82, 2.24) is 0 Å². The SMILES string of the molecule is C[C@@H](CCC(=O)[O-])[C@H]1CC[C@H]2C3CCC4C[C@H](O)CC[C@]4(C)[C@H]3C[C@H](O)[C@]12C.[Na+]. The van der Waals surface area contributed by atoms with Crippen molar-refractivity contribution < 1.29 is 49.7 Å². The first-order chi connectivity index (χ1) is 13.2. The van der Waals surface area contributed by atoms with Crippen LogP contribution in [0, 0.1) is 46.3 Å². The van der Waals surface area contributed by atoms with Crippen LogP contribution in [0.3, 0.4) is 0 Å². The molecule has 4 fully saturated rings. The van der Waals surface area contributed by atoms with Crippen molar-refractivity contribution in [2.45, 2.75) is 97.2 Å². The topological polar surface area (TPSA) is 80.6 Å². The molecule has 160 valence electrons. The van der Waals surface area contributed by atoms with Crippen molar-refractivity contribution in [3.63, 3.8) is 0 Å². The van der Waals surface area contributed by atoms with Crippen LogP contribution < -0.4 is 34.7 Å². The first kappa shape index (κ1) is 24.0. The molecule has 10 atom stereocenters. The number of aliphatic carboxylic acids is 1. The summed E-state index contributed by atoms with van der Waals surface area (Å²) in [5.74, 6) is 2.19. The number of aliphatic hydroxyl groups is 2. The monoisotopic (exact) mass is 414 g/mol. The number of aliphatic hydroxyl groups excluding tert-OH is 2. The van der Waals surface area contributed by atoms with Crippen molar-refractivity contribution in [2.75, 3.05) is 0 Å². The van der Waals surface area contributed by atoms with E-state index in [0.717, 1.165) is 32.1 Å². The van der Waals surface area contributed by atoms with E-state index in [2.05, 4.69) is 20.8 Å². The standard InChI is InChI=1S/C24H40O4.Na/c1-14(4-9-22(27)28)18-7-8-19-17-6-5-15-12-16(25)10-11-23(15,2)20(17)13-21(26)24(18,19)3;/h14-21,25-26H,4-13H2,1-3H3,(H,27,28);/q;+1/p-1/t14-,15?,16+,17?,18+,19-,20-,21-,23-,24+;/m0./s1. The fraction of sp³-hybridized carbons (Fsp3) is 0.958. The van der Waals surface area contributed by atoms with E-state index in [1.807, 2.05) is 0 Å². The van der Waals surface area contributed by atoms with E-state index in [1.165, 1.54) is 19.3 Å². The second-order valence-corrected chi connectivity index (χ2v) is 11.3. The molecule has 0 aromatic rings. The molecule has 0 heterocycles. The molecule has 4 saturated carbocycles. The summed E-state index contributed by atoms with van der Waals surface area (Å²) in [4.78, 5) is 10.9. The third-order valence-electron chi connectivity index (χ3n) is 10.3. The number of rotatable bonds is 4. The zero-order valence-corrected chi connectivity index (χ0v) is 20.9. The summed E-state index contributed by atoms with van der Waals surface area (Å²) in [5.41, 5.74) is 0.188. The molecule has 5 heteroatoms. The number of carboxylic acid groups (broad SMARTS) is 1. The Balaban J connectivity index is 0.00000240. The Hall–Kier alpha value is 0.390. The number of hydrogen-bond acceptors (Lipinski definition) is 4. The van der Waals surface area contributed by atoms with E-state index < -0.39 is 5.97 Å². The van der Waals surface area contributed by atoms with Crippen LogP contribution in [0.1, 0.15) is 85.0 Å². The van der Waals surface area contributed by atoms with Crippen LogP contribution in [0.2, 0.25) is 0 Å². The van der Waals surface area contributed by atoms with Crippen molar-refractivity contribution in [3.05, 3.63) is 0 Å². The molecule has 4 aliphatic rings. The molecule has 4 rings (SSSR count). The van der Waals surface area contributed by atoms with Crippen molar-refractivity contribution in [2.24, 2.45) is 46.3 Å². The van der Waals surface area contributed by atoms with Gasteiger partial charge in [0.2, 0.25) is 0 Å². The minimum Gasteiger partial charge on any atom is -0.550 e. The Bertz CT molecular complexity index is 612. The zero-order valence-electron chi connectivity index (χ0n) is 18.9. The van der Waals surface area contributed by atoms with Crippen LogP contribution >= 0.6 is 0 Å². The summed E-state index contributed by atoms with van der Waals surface area (Å²) < 4.78 is 0. The molecule has 0 saturated heterocycles. The Kier molecular flexibility index (Phi) is 7.24. The van der Waals surface area contributed by atoms with Gasteiger partial charge in [0.15, 0.2) is 0 Å². The predicted octanol–water partition coefficient (Wildman–Crippen LogP) is 0.147. The summed E-state index contributed by atoms with van der Waals surface area (Å²) in [6.07, 6.45) is 8.98. The van der Waals surface area contributed by atoms with Gasteiger partial charge in [-0.3, -0.25) is 0 Å². The molecule has 4 aliphatic carbocycles. The maximum atomic E-state index is 11.5. The molecule has 2 unspecified atom stereocenters. The maximum absolute atomic E-state index is 11.5. The summed E-state index contributed by atoms with van der Waals surface area (Å²) in [5, 5.41) is 32.6. The summed E-state index contributed by atoms with van der Waals surface area (Å²) in [7, 11) is 0. The average Bonchev–Trinajstić information content (AvgIpc) is 3.00. The molecule has 4 nitrogen and oxygen atoms in total. The molecule has 0 radical (unpaired) electrons. The van der Waals surface area contributed by atoms with Gasteiger partial charge in [-0.2, -0.15) is 0 Å². The van der Waals surface area contributed by atoms with E-state index >= 15 is 0 Å². The van der Waals surface area contributed by atoms with Crippen LogP contribution in [-0.2, 0) is 4.79 Å². The van der Waals surface area contributed by atoms with Gasteiger partial charge in [-0.05, 0) is 111 Å². The van der Waals surface area contributed by atoms with Gasteiger partial charge in [-0.15, -0.1) is 0 Å². The molecule has 2 N–H and O–H groups in total. The minimum absolute atomic E-state index is 0. The smallest absolute Gasteiger partial charge is 0.550 e. The normalized spacial score (nSPS) is 49.9. The molecule has 0 amide bonds. The summed E-state index contributed by atoms with van der Waals surface area (Å²) in [6.45, 7) is 6.94. The van der Waals surface area contributed by atoms with Gasteiger partial charge >= 0.3 is 29.6 Å². The fourth-order valence-corrected chi connectivity index (χ4v) is 8.71. The number of carbonyl (C=O) groups excluding carboxylic acids is 1. The minimum atomic E-state index is -0.957.